The summed E-state index contributed by atoms with van der Waals surface area (Å²) in [5, 5.41) is 4.03. The second-order valence-corrected chi connectivity index (χ2v) is 6.81. The van der Waals surface area contributed by atoms with Crippen molar-refractivity contribution in [1.29, 1.82) is 0 Å². The van der Waals surface area contributed by atoms with Crippen molar-refractivity contribution >= 4 is 28.7 Å². The SMILES string of the molecule is Cc1ccc2nc(SCC(C)(NC(C)C)C(N)=O)[nH]c2c1. The Kier molecular flexibility index (Phi) is 4.58. The number of H-pyrrole nitrogens is 1. The van der Waals surface area contributed by atoms with Crippen LogP contribution in [0.4, 0.5) is 0 Å². The Morgan fingerprint density at radius 3 is 2.86 bits per heavy atom. The Bertz CT molecular complexity index is 652. The third kappa shape index (κ3) is 3.77. The highest BCUT2D eigenvalue weighted by molar-refractivity contribution is 7.99. The molecule has 5 nitrogen and oxygen atoms in total. The molecule has 1 aromatic heterocycles. The van der Waals surface area contributed by atoms with Gasteiger partial charge in [0.2, 0.25) is 5.91 Å². The number of thioether (sulfide) groups is 1. The van der Waals surface area contributed by atoms with Gasteiger partial charge in [-0.3, -0.25) is 4.79 Å². The number of aromatic amines is 1. The predicted molar refractivity (Wildman–Crippen MR) is 87.4 cm³/mol. The minimum Gasteiger partial charge on any atom is -0.368 e. The van der Waals surface area contributed by atoms with Crippen LogP contribution in [0.25, 0.3) is 11.0 Å². The number of hydrogen-bond acceptors (Lipinski definition) is 4. The molecule has 6 heteroatoms. The third-order valence-electron chi connectivity index (χ3n) is 3.26. The van der Waals surface area contributed by atoms with Crippen LogP contribution in [0.3, 0.4) is 0 Å². The van der Waals surface area contributed by atoms with Crippen molar-refractivity contribution in [3.63, 3.8) is 0 Å². The van der Waals surface area contributed by atoms with Gasteiger partial charge in [0.1, 0.15) is 5.54 Å². The monoisotopic (exact) mass is 306 g/mol. The number of imidazole rings is 1. The Morgan fingerprint density at radius 2 is 2.24 bits per heavy atom. The molecule has 0 aliphatic carbocycles. The van der Waals surface area contributed by atoms with E-state index in [0.29, 0.717) is 5.75 Å². The Balaban J connectivity index is 2.13. The summed E-state index contributed by atoms with van der Waals surface area (Å²) in [5.74, 6) is 0.176. The zero-order chi connectivity index (χ0) is 15.6. The minimum absolute atomic E-state index is 0.182. The highest BCUT2D eigenvalue weighted by Crippen LogP contribution is 2.24. The van der Waals surface area contributed by atoms with Crippen molar-refractivity contribution in [3.05, 3.63) is 23.8 Å². The molecular formula is C15H22N4OS. The molecule has 0 spiro atoms. The van der Waals surface area contributed by atoms with E-state index in [4.69, 9.17) is 5.73 Å². The molecule has 2 aromatic rings. The zero-order valence-corrected chi connectivity index (χ0v) is 13.7. The van der Waals surface area contributed by atoms with Gasteiger partial charge in [-0.05, 0) is 45.4 Å². The van der Waals surface area contributed by atoms with Gasteiger partial charge in [0, 0.05) is 11.8 Å². The van der Waals surface area contributed by atoms with E-state index in [1.54, 1.807) is 0 Å². The van der Waals surface area contributed by atoms with E-state index in [1.165, 1.54) is 17.3 Å². The minimum atomic E-state index is -0.756. The normalized spacial score (nSPS) is 14.5. The van der Waals surface area contributed by atoms with Gasteiger partial charge in [-0.15, -0.1) is 0 Å². The number of rotatable bonds is 6. The zero-order valence-electron chi connectivity index (χ0n) is 12.9. The van der Waals surface area contributed by atoms with Crippen LogP contribution in [0, 0.1) is 6.92 Å². The second kappa shape index (κ2) is 6.07. The van der Waals surface area contributed by atoms with Gasteiger partial charge in [0.05, 0.1) is 11.0 Å². The Hall–Kier alpha value is -1.53. The number of aryl methyl sites for hydroxylation is 1. The number of nitrogens with one attached hydrogen (secondary N) is 2. The molecule has 1 atom stereocenters. The molecule has 0 bridgehead atoms. The van der Waals surface area contributed by atoms with Gasteiger partial charge >= 0.3 is 0 Å². The molecular weight excluding hydrogens is 284 g/mol. The first-order valence-electron chi connectivity index (χ1n) is 6.97. The summed E-state index contributed by atoms with van der Waals surface area (Å²) in [5.41, 5.74) is 7.90. The molecule has 1 unspecified atom stereocenters. The molecule has 114 valence electrons. The van der Waals surface area contributed by atoms with E-state index in [9.17, 15) is 4.79 Å². The van der Waals surface area contributed by atoms with Crippen LogP contribution in [-0.2, 0) is 4.79 Å². The van der Waals surface area contributed by atoms with Crippen LogP contribution in [-0.4, -0.2) is 33.2 Å². The molecule has 0 fully saturated rings. The van der Waals surface area contributed by atoms with Gasteiger partial charge in [0.25, 0.3) is 0 Å². The van der Waals surface area contributed by atoms with E-state index < -0.39 is 5.54 Å². The molecule has 2 rings (SSSR count). The number of nitrogens with zero attached hydrogens (tertiary/aromatic N) is 1. The lowest BCUT2D eigenvalue weighted by molar-refractivity contribution is -0.123. The highest BCUT2D eigenvalue weighted by atomic mass is 32.2. The predicted octanol–water partition coefficient (Wildman–Crippen LogP) is 2.21. The first-order chi connectivity index (χ1) is 9.80. The molecule has 0 aliphatic rings. The van der Waals surface area contributed by atoms with Crippen molar-refractivity contribution in [2.45, 2.75) is 44.4 Å². The van der Waals surface area contributed by atoms with Crippen LogP contribution in [0.1, 0.15) is 26.3 Å². The number of carbonyl (C=O) groups excluding carboxylic acids is 1. The quantitative estimate of drug-likeness (QED) is 0.714. The van der Waals surface area contributed by atoms with Gasteiger partial charge in [0.15, 0.2) is 5.16 Å². The van der Waals surface area contributed by atoms with Crippen molar-refractivity contribution in [2.24, 2.45) is 5.73 Å². The van der Waals surface area contributed by atoms with E-state index in [1.807, 2.05) is 39.8 Å². The number of aromatic nitrogens is 2. The number of nitrogens with two attached hydrogens (primary N) is 1. The molecule has 1 aromatic carbocycles. The highest BCUT2D eigenvalue weighted by Gasteiger charge is 2.31. The Labute approximate surface area is 129 Å². The lowest BCUT2D eigenvalue weighted by Gasteiger charge is -2.29. The maximum Gasteiger partial charge on any atom is 0.238 e. The molecule has 0 aliphatic heterocycles. The number of fused-ring (bicyclic) bond motifs is 1. The fourth-order valence-corrected chi connectivity index (χ4v) is 3.20. The molecule has 1 heterocycles. The first-order valence-corrected chi connectivity index (χ1v) is 7.95. The largest absolute Gasteiger partial charge is 0.368 e. The number of carbonyl (C=O) groups is 1. The summed E-state index contributed by atoms with van der Waals surface area (Å²) in [6, 6.07) is 6.27. The lowest BCUT2D eigenvalue weighted by Crippen LogP contribution is -2.57. The summed E-state index contributed by atoms with van der Waals surface area (Å²) in [6.07, 6.45) is 0. The van der Waals surface area contributed by atoms with Gasteiger partial charge < -0.3 is 16.0 Å². The molecule has 21 heavy (non-hydrogen) atoms. The first kappa shape index (κ1) is 15.9. The summed E-state index contributed by atoms with van der Waals surface area (Å²) in [4.78, 5) is 19.5. The average molecular weight is 306 g/mol. The number of amides is 1. The van der Waals surface area contributed by atoms with Crippen molar-refractivity contribution in [2.75, 3.05) is 5.75 Å². The lowest BCUT2D eigenvalue weighted by atomic mass is 10.0. The summed E-state index contributed by atoms with van der Waals surface area (Å²) >= 11 is 1.50. The van der Waals surface area contributed by atoms with Crippen LogP contribution >= 0.6 is 11.8 Å². The van der Waals surface area contributed by atoms with Crippen LogP contribution < -0.4 is 11.1 Å². The van der Waals surface area contributed by atoms with Gasteiger partial charge in [-0.2, -0.15) is 0 Å². The van der Waals surface area contributed by atoms with Crippen LogP contribution in [0.5, 0.6) is 0 Å². The standard InChI is InChI=1S/C15H22N4OS/c1-9(2)19-15(4,13(16)20)8-21-14-17-11-6-5-10(3)7-12(11)18-14/h5-7,9,19H,8H2,1-4H3,(H2,16,20)(H,17,18). The number of benzene rings is 1. The molecule has 0 saturated heterocycles. The Morgan fingerprint density at radius 1 is 1.52 bits per heavy atom. The van der Waals surface area contributed by atoms with E-state index in [-0.39, 0.29) is 11.9 Å². The van der Waals surface area contributed by atoms with E-state index in [0.717, 1.165) is 16.2 Å². The van der Waals surface area contributed by atoms with E-state index >= 15 is 0 Å². The molecule has 0 radical (unpaired) electrons. The molecule has 1 amide bonds. The van der Waals surface area contributed by atoms with Crippen molar-refractivity contribution < 1.29 is 4.79 Å². The number of primary amides is 1. The third-order valence-corrected chi connectivity index (χ3v) is 4.45. The van der Waals surface area contributed by atoms with Crippen LogP contribution in [0.15, 0.2) is 23.4 Å². The topological polar surface area (TPSA) is 83.8 Å². The fourth-order valence-electron chi connectivity index (χ4n) is 2.20. The van der Waals surface area contributed by atoms with Gasteiger partial charge in [-0.25, -0.2) is 4.98 Å². The maximum atomic E-state index is 11.7. The summed E-state index contributed by atoms with van der Waals surface area (Å²) in [7, 11) is 0. The van der Waals surface area contributed by atoms with E-state index in [2.05, 4.69) is 21.4 Å². The molecule has 4 N–H and O–H groups in total. The van der Waals surface area contributed by atoms with Crippen LogP contribution in [0.2, 0.25) is 0 Å². The second-order valence-electron chi connectivity index (χ2n) is 5.85. The molecule has 0 saturated carbocycles. The fraction of sp³-hybridized carbons (Fsp3) is 0.467. The average Bonchev–Trinajstić information content (AvgIpc) is 2.77. The summed E-state index contributed by atoms with van der Waals surface area (Å²) in [6.45, 7) is 7.87. The maximum absolute atomic E-state index is 11.7. The van der Waals surface area contributed by atoms with Crippen molar-refractivity contribution in [1.82, 2.24) is 15.3 Å². The summed E-state index contributed by atoms with van der Waals surface area (Å²) < 4.78 is 0. The smallest absolute Gasteiger partial charge is 0.238 e. The van der Waals surface area contributed by atoms with Crippen molar-refractivity contribution in [3.8, 4) is 0 Å². The van der Waals surface area contributed by atoms with Gasteiger partial charge in [-0.1, -0.05) is 17.8 Å². The number of hydrogen-bond donors (Lipinski definition) is 3.